The van der Waals surface area contributed by atoms with Crippen molar-refractivity contribution in [2.75, 3.05) is 18.7 Å². The first-order valence-electron chi connectivity index (χ1n) is 5.63. The lowest BCUT2D eigenvalue weighted by atomic mass is 10.2. The summed E-state index contributed by atoms with van der Waals surface area (Å²) in [5.41, 5.74) is 0.585. The number of phenolic OH excluding ortho intramolecular Hbond substituents is 1. The number of halogens is 1. The first kappa shape index (κ1) is 15.3. The predicted octanol–water partition coefficient (Wildman–Crippen LogP) is 2.03. The van der Waals surface area contributed by atoms with E-state index in [0.717, 1.165) is 0 Å². The number of rotatable bonds is 6. The molecule has 0 fully saturated rings. The van der Waals surface area contributed by atoms with E-state index in [-0.39, 0.29) is 24.0 Å². The summed E-state index contributed by atoms with van der Waals surface area (Å²) in [4.78, 5) is 0. The molecule has 1 unspecified atom stereocenters. The van der Waals surface area contributed by atoms with E-state index >= 15 is 0 Å². The van der Waals surface area contributed by atoms with Gasteiger partial charge in [0.2, 0.25) is 10.0 Å². The highest BCUT2D eigenvalue weighted by atomic mass is 35.5. The quantitative estimate of drug-likeness (QED) is 0.816. The predicted molar refractivity (Wildman–Crippen MR) is 73.2 cm³/mol. The summed E-state index contributed by atoms with van der Waals surface area (Å²) in [7, 11) is -1.85. The molecule has 0 aromatic heterocycles. The summed E-state index contributed by atoms with van der Waals surface area (Å²) in [5.74, 6) is 0.331. The molecule has 1 aromatic carbocycles. The Morgan fingerprint density at radius 3 is 2.56 bits per heavy atom. The van der Waals surface area contributed by atoms with E-state index in [1.807, 2.05) is 0 Å². The molecule has 0 heterocycles. The Morgan fingerprint density at radius 2 is 2.00 bits per heavy atom. The van der Waals surface area contributed by atoms with Crippen molar-refractivity contribution in [3.05, 3.63) is 29.8 Å². The van der Waals surface area contributed by atoms with Gasteiger partial charge in [0, 0.05) is 25.0 Å². The Kier molecular flexibility index (Phi) is 5.44. The summed E-state index contributed by atoms with van der Waals surface area (Å²) in [6, 6.07) is 6.70. The average Bonchev–Trinajstić information content (AvgIpc) is 2.31. The van der Waals surface area contributed by atoms with Gasteiger partial charge in [0.15, 0.2) is 0 Å². The molecule has 0 aliphatic heterocycles. The van der Waals surface area contributed by atoms with E-state index in [1.54, 1.807) is 25.1 Å². The van der Waals surface area contributed by atoms with E-state index in [2.05, 4.69) is 0 Å². The average molecular weight is 292 g/mol. The number of hydrogen-bond acceptors (Lipinski definition) is 3. The summed E-state index contributed by atoms with van der Waals surface area (Å²) in [6.07, 6.45) is 0. The highest BCUT2D eigenvalue weighted by Crippen LogP contribution is 2.19. The first-order chi connectivity index (χ1) is 8.36. The fourth-order valence-corrected chi connectivity index (χ4v) is 3.18. The van der Waals surface area contributed by atoms with Gasteiger partial charge in [0.1, 0.15) is 5.75 Å². The summed E-state index contributed by atoms with van der Waals surface area (Å²) in [5, 5.41) is 9.61. The molecule has 1 aromatic rings. The number of benzene rings is 1. The van der Waals surface area contributed by atoms with Crippen molar-refractivity contribution in [2.24, 2.45) is 5.92 Å². The third kappa shape index (κ3) is 4.15. The fraction of sp³-hybridized carbons (Fsp3) is 0.500. The molecular formula is C12H18ClNO3S. The number of aromatic hydroxyl groups is 1. The molecule has 0 spiro atoms. The van der Waals surface area contributed by atoms with Crippen molar-refractivity contribution in [2.45, 2.75) is 13.5 Å². The van der Waals surface area contributed by atoms with Gasteiger partial charge >= 0.3 is 0 Å². The second kappa shape index (κ2) is 6.41. The van der Waals surface area contributed by atoms with E-state index in [1.165, 1.54) is 17.4 Å². The van der Waals surface area contributed by atoms with Gasteiger partial charge in [0.05, 0.1) is 5.75 Å². The molecule has 1 N–H and O–H groups in total. The van der Waals surface area contributed by atoms with Gasteiger partial charge in [-0.25, -0.2) is 12.7 Å². The Balaban J connectivity index is 2.76. The number of para-hydroxylation sites is 1. The van der Waals surface area contributed by atoms with Gasteiger partial charge in [-0.3, -0.25) is 0 Å². The number of alkyl halides is 1. The van der Waals surface area contributed by atoms with Crippen LogP contribution in [0, 0.1) is 5.92 Å². The minimum absolute atomic E-state index is 0.0145. The van der Waals surface area contributed by atoms with Gasteiger partial charge in [-0.15, -0.1) is 11.6 Å². The highest BCUT2D eigenvalue weighted by molar-refractivity contribution is 7.89. The van der Waals surface area contributed by atoms with Crippen LogP contribution in [0.5, 0.6) is 5.75 Å². The van der Waals surface area contributed by atoms with Crippen molar-refractivity contribution in [1.29, 1.82) is 0 Å². The zero-order valence-electron chi connectivity index (χ0n) is 10.5. The SMILES string of the molecule is CC(CCl)CS(=O)(=O)N(C)Cc1ccccc1O. The minimum atomic E-state index is -3.35. The Labute approximate surface area is 113 Å². The van der Waals surface area contributed by atoms with Crippen molar-refractivity contribution in [3.8, 4) is 5.75 Å². The summed E-state index contributed by atoms with van der Waals surface area (Å²) >= 11 is 5.63. The van der Waals surface area contributed by atoms with Crippen LogP contribution in [0.25, 0.3) is 0 Å². The van der Waals surface area contributed by atoms with Crippen molar-refractivity contribution in [3.63, 3.8) is 0 Å². The minimum Gasteiger partial charge on any atom is -0.508 e. The molecule has 0 aliphatic carbocycles. The zero-order valence-corrected chi connectivity index (χ0v) is 12.1. The van der Waals surface area contributed by atoms with Crippen LogP contribution in [-0.4, -0.2) is 36.5 Å². The van der Waals surface area contributed by atoms with E-state index < -0.39 is 10.0 Å². The van der Waals surface area contributed by atoms with Crippen LogP contribution in [0.2, 0.25) is 0 Å². The Morgan fingerprint density at radius 1 is 1.39 bits per heavy atom. The number of nitrogens with zero attached hydrogens (tertiary/aromatic N) is 1. The molecule has 0 aliphatic rings. The van der Waals surface area contributed by atoms with Crippen molar-refractivity contribution in [1.82, 2.24) is 4.31 Å². The van der Waals surface area contributed by atoms with Gasteiger partial charge < -0.3 is 5.11 Å². The van der Waals surface area contributed by atoms with Crippen molar-refractivity contribution >= 4 is 21.6 Å². The maximum Gasteiger partial charge on any atom is 0.214 e. The van der Waals surface area contributed by atoms with Gasteiger partial charge in [-0.05, 0) is 12.0 Å². The van der Waals surface area contributed by atoms with Crippen LogP contribution in [0.15, 0.2) is 24.3 Å². The molecule has 1 rings (SSSR count). The fourth-order valence-electron chi connectivity index (χ4n) is 1.51. The Hall–Kier alpha value is -0.780. The van der Waals surface area contributed by atoms with E-state index in [4.69, 9.17) is 11.6 Å². The normalized spacial score (nSPS) is 13.8. The van der Waals surface area contributed by atoms with Crippen LogP contribution in [0.1, 0.15) is 12.5 Å². The second-order valence-electron chi connectivity index (χ2n) is 4.42. The molecule has 0 bridgehead atoms. The lowest BCUT2D eigenvalue weighted by Crippen LogP contribution is -2.31. The molecule has 102 valence electrons. The van der Waals surface area contributed by atoms with Gasteiger partial charge in [-0.1, -0.05) is 25.1 Å². The number of sulfonamides is 1. The molecule has 6 heteroatoms. The van der Waals surface area contributed by atoms with E-state index in [9.17, 15) is 13.5 Å². The van der Waals surface area contributed by atoms with Crippen LogP contribution < -0.4 is 0 Å². The lowest BCUT2D eigenvalue weighted by molar-refractivity contribution is 0.433. The Bertz CT molecular complexity index is 490. The molecule has 1 atom stereocenters. The van der Waals surface area contributed by atoms with Crippen molar-refractivity contribution < 1.29 is 13.5 Å². The molecule has 18 heavy (non-hydrogen) atoms. The maximum absolute atomic E-state index is 12.0. The maximum atomic E-state index is 12.0. The molecule has 0 saturated carbocycles. The third-order valence-corrected chi connectivity index (χ3v) is 5.21. The molecule has 4 nitrogen and oxygen atoms in total. The number of hydrogen-bond donors (Lipinski definition) is 1. The standard InChI is InChI=1S/C12H18ClNO3S/c1-10(7-13)9-18(16,17)14(2)8-11-5-3-4-6-12(11)15/h3-6,10,15H,7-9H2,1-2H3. The molecular weight excluding hydrogens is 274 g/mol. The second-order valence-corrected chi connectivity index (χ2v) is 6.85. The van der Waals surface area contributed by atoms with Crippen LogP contribution >= 0.6 is 11.6 Å². The van der Waals surface area contributed by atoms with Crippen LogP contribution in [0.4, 0.5) is 0 Å². The zero-order chi connectivity index (χ0) is 13.8. The van der Waals surface area contributed by atoms with Gasteiger partial charge in [-0.2, -0.15) is 0 Å². The third-order valence-electron chi connectivity index (χ3n) is 2.62. The summed E-state index contributed by atoms with van der Waals surface area (Å²) < 4.78 is 25.2. The highest BCUT2D eigenvalue weighted by Gasteiger charge is 2.21. The first-order valence-corrected chi connectivity index (χ1v) is 7.78. The monoisotopic (exact) mass is 291 g/mol. The van der Waals surface area contributed by atoms with Crippen LogP contribution in [-0.2, 0) is 16.6 Å². The summed E-state index contributed by atoms with van der Waals surface area (Å²) in [6.45, 7) is 1.95. The van der Waals surface area contributed by atoms with Gasteiger partial charge in [0.25, 0.3) is 0 Å². The lowest BCUT2D eigenvalue weighted by Gasteiger charge is -2.19. The number of phenols is 1. The topological polar surface area (TPSA) is 57.6 Å². The molecule has 0 radical (unpaired) electrons. The molecule has 0 amide bonds. The van der Waals surface area contributed by atoms with E-state index in [0.29, 0.717) is 11.4 Å². The largest absolute Gasteiger partial charge is 0.508 e. The van der Waals surface area contributed by atoms with Crippen LogP contribution in [0.3, 0.4) is 0 Å². The molecule has 0 saturated heterocycles. The smallest absolute Gasteiger partial charge is 0.214 e.